The Kier molecular flexibility index (Phi) is 11.9. The third-order valence-corrected chi connectivity index (χ3v) is 11.5. The van der Waals surface area contributed by atoms with E-state index in [9.17, 15) is 0 Å². The molecule has 291 valence electrons. The normalized spacial score (nSPS) is 12.5. The summed E-state index contributed by atoms with van der Waals surface area (Å²) in [5.41, 5.74) is 11.3. The van der Waals surface area contributed by atoms with Crippen molar-refractivity contribution in [1.29, 1.82) is 0 Å². The van der Waals surface area contributed by atoms with Gasteiger partial charge >= 0.3 is 0 Å². The van der Waals surface area contributed by atoms with Crippen LogP contribution in [0.1, 0.15) is 85.0 Å². The van der Waals surface area contributed by atoms with E-state index >= 15 is 0 Å². The molecule has 7 aromatic rings. The topological polar surface area (TPSA) is 69.6 Å². The maximum atomic E-state index is 6.11. The van der Waals surface area contributed by atoms with Crippen molar-refractivity contribution in [2.45, 2.75) is 114 Å². The van der Waals surface area contributed by atoms with E-state index in [-0.39, 0.29) is 36.5 Å². The minimum Gasteiger partial charge on any atom is -0.486 e. The second-order valence-corrected chi connectivity index (χ2v) is 24.3. The quantitative estimate of drug-likeness (QED) is 0.127. The van der Waals surface area contributed by atoms with Gasteiger partial charge in [0.05, 0.1) is 36.2 Å². The molecule has 0 N–H and O–H groups in total. The van der Waals surface area contributed by atoms with Crippen molar-refractivity contribution in [2.24, 2.45) is 10.8 Å². The van der Waals surface area contributed by atoms with Gasteiger partial charge in [0.15, 0.2) is 0 Å². The van der Waals surface area contributed by atoms with Crippen LogP contribution in [0.25, 0.3) is 55.7 Å². The number of furan rings is 1. The molecule has 7 rings (SSSR count). The van der Waals surface area contributed by atoms with E-state index in [1.54, 1.807) is 0 Å². The first-order valence-electron chi connectivity index (χ1n) is 19.2. The Hall–Kier alpha value is -3.97. The van der Waals surface area contributed by atoms with Crippen LogP contribution in [0.15, 0.2) is 71.3 Å². The van der Waals surface area contributed by atoms with Gasteiger partial charge in [-0.25, -0.2) is 4.98 Å². The summed E-state index contributed by atoms with van der Waals surface area (Å²) in [6.07, 6.45) is 4.11. The van der Waals surface area contributed by atoms with Crippen molar-refractivity contribution in [1.82, 2.24) is 24.5 Å². The van der Waals surface area contributed by atoms with Crippen LogP contribution >= 0.6 is 0 Å². The molecule has 55 heavy (non-hydrogen) atoms. The molecule has 0 aliphatic heterocycles. The van der Waals surface area contributed by atoms with E-state index in [2.05, 4.69) is 148 Å². The number of rotatable bonds is 5. The van der Waals surface area contributed by atoms with Gasteiger partial charge in [-0.3, -0.25) is 9.97 Å². The van der Waals surface area contributed by atoms with Crippen LogP contribution in [0.5, 0.6) is 0 Å². The molecule has 5 aromatic heterocycles. The molecule has 0 unspecified atom stereocenters. The molecule has 6 nitrogen and oxygen atoms in total. The molecular weight excluding hydrogens is 871 g/mol. The zero-order chi connectivity index (χ0) is 39.4. The first-order valence-corrected chi connectivity index (χ1v) is 22.7. The Morgan fingerprint density at radius 2 is 1.47 bits per heavy atom. The standard InChI is InChI=1S/C28H31N4O.C19H26NSi.Ir/c1-16-13-22-24(17(2)29-16)32(28(6,7)8)25(31-22)18-9-12-23-21(14-18)20-11-10-19(15-27(3,4)5)30-26(20)33-23;1-19(2,3)13-16-12-17(15-10-8-7-9-11-15)20-14-18(16)21(4,5)6;/h10-14H,15H2,1-8H3;7-10,12,14H,13H2,1-6H3;/q2*-1;. The molecule has 0 bridgehead atoms. The molecule has 5 heterocycles. The molecule has 0 aliphatic rings. The summed E-state index contributed by atoms with van der Waals surface area (Å²) < 4.78 is 8.39. The second-order valence-electron chi connectivity index (χ2n) is 19.3. The van der Waals surface area contributed by atoms with Crippen LogP contribution in [-0.4, -0.2) is 32.6 Å². The van der Waals surface area contributed by atoms with Crippen molar-refractivity contribution in [3.05, 3.63) is 102 Å². The van der Waals surface area contributed by atoms with Crippen LogP contribution in [-0.2, 0) is 38.5 Å². The van der Waals surface area contributed by atoms with Crippen molar-refractivity contribution in [3.8, 4) is 22.6 Å². The fourth-order valence-electron chi connectivity index (χ4n) is 7.27. The number of imidazole rings is 1. The van der Waals surface area contributed by atoms with Crippen LogP contribution < -0.4 is 5.19 Å². The van der Waals surface area contributed by atoms with Gasteiger partial charge in [-0.2, -0.15) is 0 Å². The Balaban J connectivity index is 0.000000229. The van der Waals surface area contributed by atoms with Gasteiger partial charge in [-0.05, 0) is 87.4 Å². The molecule has 0 amide bonds. The molecule has 0 saturated carbocycles. The number of hydrogen-bond acceptors (Lipinski definition) is 5. The maximum Gasteiger partial charge on any atom is 0.216 e. The molecule has 0 saturated heterocycles. The van der Waals surface area contributed by atoms with Gasteiger partial charge in [0.25, 0.3) is 0 Å². The molecule has 2 aromatic carbocycles. The molecule has 8 heteroatoms. The molecule has 0 spiro atoms. The first-order chi connectivity index (χ1) is 25.1. The minimum absolute atomic E-state index is 0. The molecule has 0 aliphatic carbocycles. The second kappa shape index (κ2) is 15.5. The third-order valence-electron chi connectivity index (χ3n) is 9.39. The van der Waals surface area contributed by atoms with Crippen molar-refractivity contribution in [3.63, 3.8) is 0 Å². The number of benzene rings is 2. The smallest absolute Gasteiger partial charge is 0.216 e. The van der Waals surface area contributed by atoms with Crippen molar-refractivity contribution < 1.29 is 24.5 Å². The fourth-order valence-corrected chi connectivity index (χ4v) is 8.84. The third kappa shape index (κ3) is 9.71. The molecular formula is C47H57IrN5OSi-2. The van der Waals surface area contributed by atoms with Crippen LogP contribution in [0.2, 0.25) is 19.6 Å². The van der Waals surface area contributed by atoms with Gasteiger partial charge in [-0.15, -0.1) is 59.7 Å². The number of nitrogens with zero attached hydrogens (tertiary/aromatic N) is 5. The van der Waals surface area contributed by atoms with E-state index in [4.69, 9.17) is 24.4 Å². The summed E-state index contributed by atoms with van der Waals surface area (Å²) in [6, 6.07) is 27.4. The van der Waals surface area contributed by atoms with Crippen molar-refractivity contribution >= 4 is 46.4 Å². The SMILES string of the molecule is CC(C)(C)Cc1cc(-c2[c-]cccc2)ncc1[Si](C)(C)C.Cc1cc2nc(-c3[c-]cc4oc5nc(CC(C)(C)C)ccc5c4c3)n(C(C)(C)C)c2c(C)n1.[Ir]. The number of aryl methyl sites for hydroxylation is 2. The van der Waals surface area contributed by atoms with Gasteiger partial charge in [0, 0.05) is 48.6 Å². The summed E-state index contributed by atoms with van der Waals surface area (Å²) in [4.78, 5) is 19.3. The average Bonchev–Trinajstić information content (AvgIpc) is 3.62. The van der Waals surface area contributed by atoms with Crippen molar-refractivity contribution in [2.75, 3.05) is 0 Å². The summed E-state index contributed by atoms with van der Waals surface area (Å²) in [6.45, 7) is 31.4. The van der Waals surface area contributed by atoms with Crippen LogP contribution in [0.3, 0.4) is 0 Å². The summed E-state index contributed by atoms with van der Waals surface area (Å²) in [7, 11) is -1.37. The van der Waals surface area contributed by atoms with Gasteiger partial charge in [-0.1, -0.05) is 78.2 Å². The zero-order valence-corrected chi connectivity index (χ0v) is 38.6. The molecule has 0 fully saturated rings. The van der Waals surface area contributed by atoms with E-state index in [0.717, 1.165) is 80.0 Å². The molecule has 1 radical (unpaired) electrons. The number of aromatic nitrogens is 5. The summed E-state index contributed by atoms with van der Waals surface area (Å²) in [5.74, 6) is 0.890. The Morgan fingerprint density at radius 3 is 2.09 bits per heavy atom. The monoisotopic (exact) mass is 928 g/mol. The Labute approximate surface area is 343 Å². The predicted octanol–water partition coefficient (Wildman–Crippen LogP) is 11.8. The Bertz CT molecular complexity index is 2450. The molecule has 0 atom stereocenters. The van der Waals surface area contributed by atoms with Crippen LogP contribution in [0.4, 0.5) is 0 Å². The minimum atomic E-state index is -1.37. The van der Waals surface area contributed by atoms with Crippen LogP contribution in [0, 0.1) is 36.8 Å². The van der Waals surface area contributed by atoms with E-state index in [1.807, 2.05) is 31.2 Å². The van der Waals surface area contributed by atoms with E-state index in [1.165, 1.54) is 10.8 Å². The Morgan fingerprint density at radius 1 is 0.764 bits per heavy atom. The number of hydrogen-bond donors (Lipinski definition) is 0. The van der Waals surface area contributed by atoms with E-state index < -0.39 is 8.07 Å². The summed E-state index contributed by atoms with van der Waals surface area (Å²) >= 11 is 0. The van der Waals surface area contributed by atoms with E-state index in [0.29, 0.717) is 5.71 Å². The zero-order valence-electron chi connectivity index (χ0n) is 35.2. The van der Waals surface area contributed by atoms with Gasteiger partial charge < -0.3 is 14.0 Å². The summed E-state index contributed by atoms with van der Waals surface area (Å²) in [5, 5.41) is 3.54. The number of fused-ring (bicyclic) bond motifs is 4. The fraction of sp³-hybridized carbons (Fsp3) is 0.404. The van der Waals surface area contributed by atoms with Gasteiger partial charge in [0.1, 0.15) is 0 Å². The first kappa shape index (κ1) is 42.2. The maximum absolute atomic E-state index is 6.11. The van der Waals surface area contributed by atoms with Gasteiger partial charge in [0.2, 0.25) is 5.71 Å². The largest absolute Gasteiger partial charge is 0.486 e. The number of pyridine rings is 3. The average molecular weight is 928 g/mol. The predicted molar refractivity (Wildman–Crippen MR) is 229 cm³/mol.